The maximum absolute atomic E-state index is 11.4. The van der Waals surface area contributed by atoms with E-state index in [9.17, 15) is 9.90 Å². The number of carbonyl (C=O) groups excluding carboxylic acids is 1. The Labute approximate surface area is 131 Å². The zero-order chi connectivity index (χ0) is 16.4. The summed E-state index contributed by atoms with van der Waals surface area (Å²) in [5.74, 6) is 0.394. The summed E-state index contributed by atoms with van der Waals surface area (Å²) in [6.45, 7) is 0.180. The fourth-order valence-electron chi connectivity index (χ4n) is 2.46. The van der Waals surface area contributed by atoms with E-state index in [1.165, 1.54) is 7.11 Å². The van der Waals surface area contributed by atoms with E-state index in [1.807, 2.05) is 18.2 Å². The zero-order valence-electron chi connectivity index (χ0n) is 13.4. The minimum absolute atomic E-state index is 0.180. The van der Waals surface area contributed by atoms with Gasteiger partial charge in [0.05, 0.1) is 20.3 Å². The molecule has 1 atom stereocenters. The van der Waals surface area contributed by atoms with Gasteiger partial charge in [0.15, 0.2) is 0 Å². The van der Waals surface area contributed by atoms with Gasteiger partial charge in [-0.2, -0.15) is 0 Å². The summed E-state index contributed by atoms with van der Waals surface area (Å²) in [5, 5.41) is 19.2. The van der Waals surface area contributed by atoms with Gasteiger partial charge in [0, 0.05) is 18.6 Å². The Bertz CT molecular complexity index is 458. The zero-order valence-corrected chi connectivity index (χ0v) is 13.4. The SMILES string of the molecule is COC(=O)CCc1c(OC)cccc1C(O)CCCCCO. The molecular formula is C17H26O5. The highest BCUT2D eigenvalue weighted by Crippen LogP contribution is 2.30. The molecule has 0 radical (unpaired) electrons. The van der Waals surface area contributed by atoms with Crippen LogP contribution in [0, 0.1) is 0 Å². The van der Waals surface area contributed by atoms with Gasteiger partial charge in [0.2, 0.25) is 0 Å². The number of ether oxygens (including phenoxy) is 2. The highest BCUT2D eigenvalue weighted by Gasteiger charge is 2.17. The van der Waals surface area contributed by atoms with Crippen LogP contribution >= 0.6 is 0 Å². The Hall–Kier alpha value is -1.59. The molecule has 1 aromatic carbocycles. The molecule has 0 saturated heterocycles. The van der Waals surface area contributed by atoms with Crippen LogP contribution in [0.1, 0.15) is 49.3 Å². The molecule has 0 spiro atoms. The van der Waals surface area contributed by atoms with Crippen LogP contribution < -0.4 is 4.74 Å². The van der Waals surface area contributed by atoms with Crippen LogP contribution in [0.3, 0.4) is 0 Å². The number of aliphatic hydroxyl groups excluding tert-OH is 2. The van der Waals surface area contributed by atoms with Gasteiger partial charge in [-0.3, -0.25) is 4.79 Å². The van der Waals surface area contributed by atoms with E-state index < -0.39 is 6.10 Å². The van der Waals surface area contributed by atoms with Crippen molar-refractivity contribution < 1.29 is 24.5 Å². The molecule has 124 valence electrons. The Kier molecular flexibility index (Phi) is 8.55. The number of hydrogen-bond donors (Lipinski definition) is 2. The third kappa shape index (κ3) is 5.66. The lowest BCUT2D eigenvalue weighted by Gasteiger charge is -2.18. The first-order chi connectivity index (χ1) is 10.6. The second-order valence-corrected chi connectivity index (χ2v) is 5.19. The molecule has 0 fully saturated rings. The minimum Gasteiger partial charge on any atom is -0.496 e. The summed E-state index contributed by atoms with van der Waals surface area (Å²) in [4.78, 5) is 11.4. The lowest BCUT2D eigenvalue weighted by Crippen LogP contribution is -2.08. The van der Waals surface area contributed by atoms with Crippen LogP contribution in [0.5, 0.6) is 5.75 Å². The fourth-order valence-corrected chi connectivity index (χ4v) is 2.46. The van der Waals surface area contributed by atoms with E-state index in [-0.39, 0.29) is 19.0 Å². The quantitative estimate of drug-likeness (QED) is 0.512. The first-order valence-corrected chi connectivity index (χ1v) is 7.65. The van der Waals surface area contributed by atoms with Crippen LogP contribution in [-0.4, -0.2) is 37.0 Å². The van der Waals surface area contributed by atoms with Crippen molar-refractivity contribution in [3.8, 4) is 5.75 Å². The normalized spacial score (nSPS) is 12.0. The second-order valence-electron chi connectivity index (χ2n) is 5.19. The summed E-state index contributed by atoms with van der Waals surface area (Å²) in [5.41, 5.74) is 1.65. The molecule has 0 amide bonds. The number of hydrogen-bond acceptors (Lipinski definition) is 5. The van der Waals surface area contributed by atoms with Gasteiger partial charge in [-0.1, -0.05) is 25.0 Å². The van der Waals surface area contributed by atoms with Crippen LogP contribution in [0.25, 0.3) is 0 Å². The molecule has 1 unspecified atom stereocenters. The molecule has 0 aliphatic heterocycles. The van der Waals surface area contributed by atoms with Crippen molar-refractivity contribution in [2.45, 2.75) is 44.6 Å². The van der Waals surface area contributed by atoms with Crippen molar-refractivity contribution in [2.24, 2.45) is 0 Å². The Balaban J connectivity index is 2.80. The molecule has 1 rings (SSSR count). The highest BCUT2D eigenvalue weighted by atomic mass is 16.5. The van der Waals surface area contributed by atoms with E-state index >= 15 is 0 Å². The lowest BCUT2D eigenvalue weighted by molar-refractivity contribution is -0.140. The minimum atomic E-state index is -0.596. The summed E-state index contributed by atoms with van der Waals surface area (Å²) in [7, 11) is 2.94. The second kappa shape index (κ2) is 10.2. The monoisotopic (exact) mass is 310 g/mol. The number of carbonyl (C=O) groups is 1. The molecule has 22 heavy (non-hydrogen) atoms. The number of benzene rings is 1. The van der Waals surface area contributed by atoms with E-state index in [1.54, 1.807) is 7.11 Å². The Morgan fingerprint density at radius 2 is 2.00 bits per heavy atom. The van der Waals surface area contributed by atoms with Gasteiger partial charge in [-0.05, 0) is 30.9 Å². The lowest BCUT2D eigenvalue weighted by atomic mass is 9.94. The van der Waals surface area contributed by atoms with Crippen molar-refractivity contribution in [3.63, 3.8) is 0 Å². The molecule has 0 saturated carbocycles. The molecular weight excluding hydrogens is 284 g/mol. The first kappa shape index (κ1) is 18.5. The smallest absolute Gasteiger partial charge is 0.305 e. The molecule has 0 aliphatic rings. The number of unbranched alkanes of at least 4 members (excludes halogenated alkanes) is 2. The predicted octanol–water partition coefficient (Wildman–Crippen LogP) is 2.39. The molecule has 0 aliphatic carbocycles. The van der Waals surface area contributed by atoms with Crippen molar-refractivity contribution in [1.29, 1.82) is 0 Å². The molecule has 0 heterocycles. The highest BCUT2D eigenvalue weighted by molar-refractivity contribution is 5.69. The van der Waals surface area contributed by atoms with Crippen LogP contribution in [0.15, 0.2) is 18.2 Å². The molecule has 1 aromatic rings. The van der Waals surface area contributed by atoms with Crippen LogP contribution in [0.4, 0.5) is 0 Å². The van der Waals surface area contributed by atoms with Crippen LogP contribution in [0.2, 0.25) is 0 Å². The van der Waals surface area contributed by atoms with Gasteiger partial charge >= 0.3 is 5.97 Å². The average Bonchev–Trinajstić information content (AvgIpc) is 2.55. The van der Waals surface area contributed by atoms with Crippen molar-refractivity contribution in [2.75, 3.05) is 20.8 Å². The number of rotatable bonds is 10. The van der Waals surface area contributed by atoms with E-state index in [2.05, 4.69) is 4.74 Å². The molecule has 0 bridgehead atoms. The maximum atomic E-state index is 11.4. The van der Waals surface area contributed by atoms with Crippen LogP contribution in [-0.2, 0) is 16.0 Å². The van der Waals surface area contributed by atoms with Crippen molar-refractivity contribution >= 4 is 5.97 Å². The summed E-state index contributed by atoms with van der Waals surface area (Å²) in [6, 6.07) is 5.53. The van der Waals surface area contributed by atoms with Gasteiger partial charge in [0.1, 0.15) is 5.75 Å². The summed E-state index contributed by atoms with van der Waals surface area (Å²) < 4.78 is 10.0. The standard InChI is InChI=1S/C17H26O5/c1-21-16-9-6-7-13(14(16)10-11-17(20)22-2)15(19)8-4-3-5-12-18/h6-7,9,15,18-19H,3-5,8,10-12H2,1-2H3. The number of esters is 1. The first-order valence-electron chi connectivity index (χ1n) is 7.65. The number of aliphatic hydroxyl groups is 2. The van der Waals surface area contributed by atoms with Gasteiger partial charge < -0.3 is 19.7 Å². The van der Waals surface area contributed by atoms with Gasteiger partial charge in [-0.25, -0.2) is 0 Å². The van der Waals surface area contributed by atoms with Gasteiger partial charge in [0.25, 0.3) is 0 Å². The Morgan fingerprint density at radius 1 is 1.23 bits per heavy atom. The maximum Gasteiger partial charge on any atom is 0.305 e. The number of methoxy groups -OCH3 is 2. The van der Waals surface area contributed by atoms with E-state index in [4.69, 9.17) is 9.84 Å². The Morgan fingerprint density at radius 3 is 2.64 bits per heavy atom. The largest absolute Gasteiger partial charge is 0.496 e. The third-order valence-electron chi connectivity index (χ3n) is 3.69. The third-order valence-corrected chi connectivity index (χ3v) is 3.69. The molecule has 2 N–H and O–H groups in total. The van der Waals surface area contributed by atoms with E-state index in [0.717, 1.165) is 30.4 Å². The topological polar surface area (TPSA) is 76.0 Å². The summed E-state index contributed by atoms with van der Waals surface area (Å²) in [6.07, 6.45) is 3.23. The fraction of sp³-hybridized carbons (Fsp3) is 0.588. The van der Waals surface area contributed by atoms with E-state index in [0.29, 0.717) is 18.6 Å². The van der Waals surface area contributed by atoms with Crippen molar-refractivity contribution in [1.82, 2.24) is 0 Å². The van der Waals surface area contributed by atoms with Gasteiger partial charge in [-0.15, -0.1) is 0 Å². The predicted molar refractivity (Wildman–Crippen MR) is 83.8 cm³/mol. The molecule has 5 nitrogen and oxygen atoms in total. The average molecular weight is 310 g/mol. The molecule has 5 heteroatoms. The van der Waals surface area contributed by atoms with Crippen molar-refractivity contribution in [3.05, 3.63) is 29.3 Å². The molecule has 0 aromatic heterocycles. The summed E-state index contributed by atoms with van der Waals surface area (Å²) >= 11 is 0.